The predicted molar refractivity (Wildman–Crippen MR) is 116 cm³/mol. The van der Waals surface area contributed by atoms with Crippen LogP contribution in [0.1, 0.15) is 28.8 Å². The molecule has 0 unspecified atom stereocenters. The van der Waals surface area contributed by atoms with E-state index in [1.54, 1.807) is 29.2 Å². The van der Waals surface area contributed by atoms with Gasteiger partial charge in [-0.05, 0) is 68.3 Å². The van der Waals surface area contributed by atoms with Gasteiger partial charge in [0.25, 0.3) is 5.91 Å². The first kappa shape index (κ1) is 20.4. The van der Waals surface area contributed by atoms with Gasteiger partial charge in [-0.15, -0.1) is 0 Å². The minimum Gasteiger partial charge on any atom is -0.339 e. The Hall–Kier alpha value is -2.90. The smallest absolute Gasteiger partial charge is 0.253 e. The summed E-state index contributed by atoms with van der Waals surface area (Å²) in [6.07, 6.45) is 5.11. The summed E-state index contributed by atoms with van der Waals surface area (Å²) < 4.78 is 29.9. The lowest BCUT2D eigenvalue weighted by molar-refractivity contribution is 0.0711. The molecule has 7 heteroatoms. The molecule has 1 aliphatic rings. The number of hydrogen-bond acceptors (Lipinski definition) is 3. The van der Waals surface area contributed by atoms with Crippen molar-refractivity contribution in [3.05, 3.63) is 84.2 Å². The van der Waals surface area contributed by atoms with Crippen LogP contribution in [0.15, 0.2) is 78.0 Å². The molecule has 3 aromatic rings. The zero-order valence-corrected chi connectivity index (χ0v) is 17.7. The van der Waals surface area contributed by atoms with Gasteiger partial charge in [0.2, 0.25) is 10.0 Å². The summed E-state index contributed by atoms with van der Waals surface area (Å²) >= 11 is 0. The maximum absolute atomic E-state index is 12.8. The molecule has 0 saturated carbocycles. The first-order valence-electron chi connectivity index (χ1n) is 10.0. The Kier molecular flexibility index (Phi) is 5.74. The molecule has 1 fully saturated rings. The zero-order valence-electron chi connectivity index (χ0n) is 16.9. The van der Waals surface area contributed by atoms with Crippen LogP contribution in [0.3, 0.4) is 0 Å². The van der Waals surface area contributed by atoms with Gasteiger partial charge in [-0.1, -0.05) is 17.7 Å². The Balaban J connectivity index is 1.35. The molecule has 4 rings (SSSR count). The second-order valence-corrected chi connectivity index (χ2v) is 9.35. The lowest BCUT2D eigenvalue weighted by Gasteiger charge is -2.32. The summed E-state index contributed by atoms with van der Waals surface area (Å²) in [6, 6.07) is 18.1. The van der Waals surface area contributed by atoms with E-state index in [0.29, 0.717) is 31.5 Å². The van der Waals surface area contributed by atoms with Gasteiger partial charge in [0.15, 0.2) is 0 Å². The number of nitrogens with zero attached hydrogens (tertiary/aromatic N) is 2. The molecule has 0 spiro atoms. The number of rotatable bonds is 5. The van der Waals surface area contributed by atoms with Crippen LogP contribution in [0.25, 0.3) is 5.69 Å². The van der Waals surface area contributed by atoms with E-state index in [0.717, 1.165) is 11.3 Å². The summed E-state index contributed by atoms with van der Waals surface area (Å²) in [5.74, 6) is -0.0195. The monoisotopic (exact) mass is 423 g/mol. The normalized spacial score (nSPS) is 15.3. The van der Waals surface area contributed by atoms with Gasteiger partial charge in [0, 0.05) is 42.8 Å². The van der Waals surface area contributed by atoms with Crippen LogP contribution in [0.2, 0.25) is 0 Å². The highest BCUT2D eigenvalue weighted by atomic mass is 32.2. The van der Waals surface area contributed by atoms with Gasteiger partial charge in [-0.2, -0.15) is 0 Å². The number of carbonyl (C=O) groups is 1. The average Bonchev–Trinajstić information content (AvgIpc) is 3.29. The average molecular weight is 424 g/mol. The van der Waals surface area contributed by atoms with Crippen LogP contribution < -0.4 is 4.72 Å². The van der Waals surface area contributed by atoms with Crippen molar-refractivity contribution in [3.63, 3.8) is 0 Å². The fourth-order valence-corrected chi connectivity index (χ4v) is 4.98. The van der Waals surface area contributed by atoms with E-state index in [-0.39, 0.29) is 16.8 Å². The largest absolute Gasteiger partial charge is 0.339 e. The van der Waals surface area contributed by atoms with Crippen molar-refractivity contribution in [1.29, 1.82) is 0 Å². The van der Waals surface area contributed by atoms with Gasteiger partial charge in [0.1, 0.15) is 0 Å². The van der Waals surface area contributed by atoms with E-state index >= 15 is 0 Å². The Labute approximate surface area is 177 Å². The zero-order chi connectivity index (χ0) is 21.1. The molecule has 0 atom stereocenters. The van der Waals surface area contributed by atoms with E-state index in [1.165, 1.54) is 0 Å². The SMILES string of the molecule is Cc1ccc(S(=O)(=O)NC2CCN(C(=O)c3ccc(-n4cccc4)cc3)CC2)cc1. The van der Waals surface area contributed by atoms with Gasteiger partial charge < -0.3 is 9.47 Å². The molecule has 6 nitrogen and oxygen atoms in total. The number of aryl methyl sites for hydroxylation is 1. The van der Waals surface area contributed by atoms with Gasteiger partial charge >= 0.3 is 0 Å². The molecule has 156 valence electrons. The summed E-state index contributed by atoms with van der Waals surface area (Å²) in [7, 11) is -3.55. The molecule has 1 aromatic heterocycles. The number of piperidine rings is 1. The summed E-state index contributed by atoms with van der Waals surface area (Å²) in [5, 5.41) is 0. The molecule has 30 heavy (non-hydrogen) atoms. The van der Waals surface area contributed by atoms with Crippen molar-refractivity contribution in [2.45, 2.75) is 30.7 Å². The Morgan fingerprint density at radius 1 is 0.933 bits per heavy atom. The third kappa shape index (κ3) is 4.47. The van der Waals surface area contributed by atoms with E-state index in [4.69, 9.17) is 0 Å². The van der Waals surface area contributed by atoms with E-state index in [9.17, 15) is 13.2 Å². The van der Waals surface area contributed by atoms with Crippen LogP contribution in [0.5, 0.6) is 0 Å². The lowest BCUT2D eigenvalue weighted by atomic mass is 10.0. The predicted octanol–water partition coefficient (Wildman–Crippen LogP) is 3.37. The third-order valence-electron chi connectivity index (χ3n) is 5.45. The Bertz CT molecular complexity index is 1100. The van der Waals surface area contributed by atoms with Crippen LogP contribution in [0, 0.1) is 6.92 Å². The van der Waals surface area contributed by atoms with Crippen LogP contribution in [-0.4, -0.2) is 42.9 Å². The molecular formula is C23H25N3O3S. The quantitative estimate of drug-likeness (QED) is 0.684. The molecule has 1 aliphatic heterocycles. The minimum atomic E-state index is -3.55. The number of nitrogens with one attached hydrogen (secondary N) is 1. The number of likely N-dealkylation sites (tertiary alicyclic amines) is 1. The molecule has 0 aliphatic carbocycles. The Morgan fingerprint density at radius 3 is 2.13 bits per heavy atom. The van der Waals surface area contributed by atoms with Gasteiger partial charge in [0.05, 0.1) is 4.90 Å². The topological polar surface area (TPSA) is 71.4 Å². The fraction of sp³-hybridized carbons (Fsp3) is 0.261. The fourth-order valence-electron chi connectivity index (χ4n) is 3.67. The molecule has 2 heterocycles. The number of aromatic nitrogens is 1. The van der Waals surface area contributed by atoms with Crippen molar-refractivity contribution in [1.82, 2.24) is 14.2 Å². The summed E-state index contributed by atoms with van der Waals surface area (Å²) in [4.78, 5) is 14.9. The van der Waals surface area contributed by atoms with Crippen LogP contribution >= 0.6 is 0 Å². The number of carbonyl (C=O) groups excluding carboxylic acids is 1. The Morgan fingerprint density at radius 2 is 1.53 bits per heavy atom. The molecule has 0 radical (unpaired) electrons. The van der Waals surface area contributed by atoms with Crippen molar-refractivity contribution in [2.75, 3.05) is 13.1 Å². The maximum atomic E-state index is 12.8. The molecule has 1 saturated heterocycles. The second-order valence-electron chi connectivity index (χ2n) is 7.64. The number of hydrogen-bond donors (Lipinski definition) is 1. The molecule has 1 N–H and O–H groups in total. The number of amides is 1. The molecule has 1 amide bonds. The third-order valence-corrected chi connectivity index (χ3v) is 6.99. The first-order valence-corrected chi connectivity index (χ1v) is 11.5. The van der Waals surface area contributed by atoms with E-state index in [1.807, 2.05) is 60.3 Å². The van der Waals surface area contributed by atoms with E-state index in [2.05, 4.69) is 4.72 Å². The highest BCUT2D eigenvalue weighted by molar-refractivity contribution is 7.89. The molecular weight excluding hydrogens is 398 g/mol. The van der Waals surface area contributed by atoms with E-state index < -0.39 is 10.0 Å². The number of sulfonamides is 1. The van der Waals surface area contributed by atoms with Gasteiger partial charge in [-0.3, -0.25) is 4.79 Å². The van der Waals surface area contributed by atoms with Gasteiger partial charge in [-0.25, -0.2) is 13.1 Å². The lowest BCUT2D eigenvalue weighted by Crippen LogP contribution is -2.46. The van der Waals surface area contributed by atoms with Crippen LogP contribution in [-0.2, 0) is 10.0 Å². The minimum absolute atomic E-state index is 0.0195. The number of benzene rings is 2. The highest BCUT2D eigenvalue weighted by Gasteiger charge is 2.27. The standard InChI is InChI=1S/C23H25N3O3S/c1-18-4-10-22(11-5-18)30(28,29)24-20-12-16-26(17-13-20)23(27)19-6-8-21(9-7-19)25-14-2-3-15-25/h2-11,14-15,20,24H,12-13,16-17H2,1H3. The van der Waals surface area contributed by atoms with Crippen LogP contribution in [0.4, 0.5) is 0 Å². The van der Waals surface area contributed by atoms with Crippen molar-refractivity contribution < 1.29 is 13.2 Å². The summed E-state index contributed by atoms with van der Waals surface area (Å²) in [6.45, 7) is 2.98. The molecule has 2 aromatic carbocycles. The van der Waals surface area contributed by atoms with Crippen molar-refractivity contribution in [2.24, 2.45) is 0 Å². The summed E-state index contributed by atoms with van der Waals surface area (Å²) in [5.41, 5.74) is 2.66. The van der Waals surface area contributed by atoms with Crippen molar-refractivity contribution >= 4 is 15.9 Å². The molecule has 0 bridgehead atoms. The maximum Gasteiger partial charge on any atom is 0.253 e. The first-order chi connectivity index (χ1) is 14.4. The van der Waals surface area contributed by atoms with Crippen molar-refractivity contribution in [3.8, 4) is 5.69 Å². The second kappa shape index (κ2) is 8.45. The highest BCUT2D eigenvalue weighted by Crippen LogP contribution is 2.18.